The maximum absolute atomic E-state index is 13.3. The number of halogens is 1. The summed E-state index contributed by atoms with van der Waals surface area (Å²) in [6.07, 6.45) is 0. The average molecular weight is 448 g/mol. The number of rotatable bonds is 6. The highest BCUT2D eigenvalue weighted by Crippen LogP contribution is 2.41. The van der Waals surface area contributed by atoms with Crippen molar-refractivity contribution in [3.8, 4) is 17.2 Å². The van der Waals surface area contributed by atoms with Crippen LogP contribution in [0.3, 0.4) is 0 Å². The number of carbonyl (C=O) groups excluding carboxylic acids is 1. The molecule has 2 aromatic carbocycles. The molecule has 0 saturated heterocycles. The standard InChI is InChI=1S/C21H22ClN3O4S/c1-11-18(20(26)24-14-8-6-5-7-13(14)22)19(25-21(30)23-11)12-9-16(28-3)17(29-4)10-15(12)27-2/h5-10,19H,1-4H3,(H,24,26)(H2,23,25,30). The number of thiocarbonyl (C=S) groups is 1. The van der Waals surface area contributed by atoms with Crippen molar-refractivity contribution in [2.24, 2.45) is 0 Å². The molecule has 1 unspecified atom stereocenters. The van der Waals surface area contributed by atoms with Gasteiger partial charge < -0.3 is 30.2 Å². The van der Waals surface area contributed by atoms with Gasteiger partial charge in [-0.3, -0.25) is 4.79 Å². The van der Waals surface area contributed by atoms with E-state index < -0.39 is 6.04 Å². The molecule has 1 amide bonds. The second-order valence-corrected chi connectivity index (χ2v) is 7.27. The lowest BCUT2D eigenvalue weighted by Crippen LogP contribution is -2.45. The summed E-state index contributed by atoms with van der Waals surface area (Å²) in [7, 11) is 4.63. The van der Waals surface area contributed by atoms with Crippen molar-refractivity contribution in [2.45, 2.75) is 13.0 Å². The first-order valence-electron chi connectivity index (χ1n) is 9.03. The molecular formula is C21H22ClN3O4S. The zero-order chi connectivity index (χ0) is 21.8. The lowest BCUT2D eigenvalue weighted by molar-refractivity contribution is -0.113. The van der Waals surface area contributed by atoms with Crippen molar-refractivity contribution in [2.75, 3.05) is 26.6 Å². The van der Waals surface area contributed by atoms with Crippen LogP contribution >= 0.6 is 23.8 Å². The van der Waals surface area contributed by atoms with Crippen LogP contribution in [0.25, 0.3) is 0 Å². The molecule has 158 valence electrons. The first kappa shape index (κ1) is 21.7. The molecule has 30 heavy (non-hydrogen) atoms. The summed E-state index contributed by atoms with van der Waals surface area (Å²) in [5.41, 5.74) is 2.23. The number of ether oxygens (including phenoxy) is 3. The molecule has 3 rings (SSSR count). The van der Waals surface area contributed by atoms with E-state index >= 15 is 0 Å². The van der Waals surface area contributed by atoms with Gasteiger partial charge in [-0.2, -0.15) is 0 Å². The highest BCUT2D eigenvalue weighted by Gasteiger charge is 2.33. The number of allylic oxidation sites excluding steroid dienone is 1. The number of hydrogen-bond acceptors (Lipinski definition) is 5. The van der Waals surface area contributed by atoms with Gasteiger partial charge in [-0.15, -0.1) is 0 Å². The molecule has 0 fully saturated rings. The van der Waals surface area contributed by atoms with Gasteiger partial charge in [-0.1, -0.05) is 23.7 Å². The molecule has 1 heterocycles. The smallest absolute Gasteiger partial charge is 0.255 e. The Kier molecular flexibility index (Phi) is 6.69. The lowest BCUT2D eigenvalue weighted by atomic mass is 9.93. The molecule has 9 heteroatoms. The average Bonchev–Trinajstić information content (AvgIpc) is 2.73. The fourth-order valence-corrected chi connectivity index (χ4v) is 3.71. The van der Waals surface area contributed by atoms with Crippen LogP contribution in [0.4, 0.5) is 5.69 Å². The Labute approximate surface area is 185 Å². The quantitative estimate of drug-likeness (QED) is 0.581. The van der Waals surface area contributed by atoms with Crippen LogP contribution < -0.4 is 30.2 Å². The van der Waals surface area contributed by atoms with Gasteiger partial charge in [0.1, 0.15) is 5.75 Å². The van der Waals surface area contributed by atoms with E-state index in [1.54, 1.807) is 64.7 Å². The van der Waals surface area contributed by atoms with Gasteiger partial charge in [0.2, 0.25) is 0 Å². The Hall–Kier alpha value is -2.97. The molecule has 0 aliphatic carbocycles. The van der Waals surface area contributed by atoms with Gasteiger partial charge in [0.15, 0.2) is 16.6 Å². The predicted octanol–water partition coefficient (Wildman–Crippen LogP) is 3.80. The molecule has 3 N–H and O–H groups in total. The maximum atomic E-state index is 13.3. The summed E-state index contributed by atoms with van der Waals surface area (Å²) < 4.78 is 16.4. The van der Waals surface area contributed by atoms with Crippen molar-refractivity contribution in [3.05, 3.63) is 58.3 Å². The largest absolute Gasteiger partial charge is 0.496 e. The highest BCUT2D eigenvalue weighted by molar-refractivity contribution is 7.80. The van der Waals surface area contributed by atoms with Crippen LogP contribution in [0, 0.1) is 0 Å². The Morgan fingerprint density at radius 1 is 1.07 bits per heavy atom. The number of hydrogen-bond donors (Lipinski definition) is 3. The van der Waals surface area contributed by atoms with E-state index in [1.807, 2.05) is 0 Å². The highest BCUT2D eigenvalue weighted by atomic mass is 35.5. The maximum Gasteiger partial charge on any atom is 0.255 e. The number of amides is 1. The first-order valence-corrected chi connectivity index (χ1v) is 9.82. The fraction of sp³-hybridized carbons (Fsp3) is 0.238. The van der Waals surface area contributed by atoms with Gasteiger partial charge >= 0.3 is 0 Å². The minimum absolute atomic E-state index is 0.329. The molecule has 0 spiro atoms. The topological polar surface area (TPSA) is 80.9 Å². The molecule has 0 radical (unpaired) electrons. The summed E-state index contributed by atoms with van der Waals surface area (Å²) >= 11 is 11.5. The number of methoxy groups -OCH3 is 3. The second-order valence-electron chi connectivity index (χ2n) is 6.45. The van der Waals surface area contributed by atoms with Crippen LogP contribution in [0.5, 0.6) is 17.2 Å². The number of anilines is 1. The summed E-state index contributed by atoms with van der Waals surface area (Å²) in [6.45, 7) is 1.79. The normalized spacial score (nSPS) is 15.8. The Bertz CT molecular complexity index is 1030. The van der Waals surface area contributed by atoms with Crippen molar-refractivity contribution in [3.63, 3.8) is 0 Å². The van der Waals surface area contributed by atoms with Gasteiger partial charge in [-0.05, 0) is 37.3 Å². The van der Waals surface area contributed by atoms with Gasteiger partial charge in [0.05, 0.1) is 43.7 Å². The lowest BCUT2D eigenvalue weighted by Gasteiger charge is -2.31. The van der Waals surface area contributed by atoms with E-state index in [2.05, 4.69) is 16.0 Å². The minimum Gasteiger partial charge on any atom is -0.496 e. The molecular weight excluding hydrogens is 426 g/mol. The van der Waals surface area contributed by atoms with E-state index in [4.69, 9.17) is 38.0 Å². The van der Waals surface area contributed by atoms with Crippen molar-refractivity contribution >= 4 is 40.5 Å². The van der Waals surface area contributed by atoms with Crippen molar-refractivity contribution in [1.29, 1.82) is 0 Å². The third kappa shape index (κ3) is 4.29. The fourth-order valence-electron chi connectivity index (χ4n) is 3.26. The van der Waals surface area contributed by atoms with Crippen molar-refractivity contribution in [1.82, 2.24) is 10.6 Å². The van der Waals surface area contributed by atoms with Gasteiger partial charge in [-0.25, -0.2) is 0 Å². The molecule has 0 saturated carbocycles. The number of nitrogens with one attached hydrogen (secondary N) is 3. The van der Waals surface area contributed by atoms with Crippen LogP contribution in [-0.2, 0) is 4.79 Å². The molecule has 1 atom stereocenters. The summed E-state index contributed by atoms with van der Waals surface area (Å²) in [5.74, 6) is 1.20. The SMILES string of the molecule is COc1cc(OC)c(C2NC(=S)NC(C)=C2C(=O)Nc2ccccc2Cl)cc1OC. The molecule has 0 aromatic heterocycles. The zero-order valence-corrected chi connectivity index (χ0v) is 18.5. The zero-order valence-electron chi connectivity index (χ0n) is 17.0. The Balaban J connectivity index is 2.08. The number of para-hydroxylation sites is 1. The Morgan fingerprint density at radius 3 is 2.33 bits per heavy atom. The minimum atomic E-state index is -0.587. The Morgan fingerprint density at radius 2 is 1.70 bits per heavy atom. The molecule has 2 aromatic rings. The van der Waals surface area contributed by atoms with Crippen LogP contribution in [0.1, 0.15) is 18.5 Å². The predicted molar refractivity (Wildman–Crippen MR) is 120 cm³/mol. The number of benzene rings is 2. The van der Waals surface area contributed by atoms with Crippen LogP contribution in [0.2, 0.25) is 5.02 Å². The summed E-state index contributed by atoms with van der Waals surface area (Å²) in [6, 6.07) is 9.91. The third-order valence-electron chi connectivity index (χ3n) is 4.68. The molecule has 1 aliphatic heterocycles. The van der Waals surface area contributed by atoms with E-state index in [9.17, 15) is 4.79 Å². The van der Waals surface area contributed by atoms with Crippen molar-refractivity contribution < 1.29 is 19.0 Å². The van der Waals surface area contributed by atoms with Gasteiger partial charge in [0, 0.05) is 17.3 Å². The van der Waals surface area contributed by atoms with Gasteiger partial charge in [0.25, 0.3) is 5.91 Å². The molecule has 7 nitrogen and oxygen atoms in total. The first-order chi connectivity index (χ1) is 14.4. The monoisotopic (exact) mass is 447 g/mol. The van der Waals surface area contributed by atoms with Crippen LogP contribution in [-0.4, -0.2) is 32.3 Å². The van der Waals surface area contributed by atoms with Crippen LogP contribution in [0.15, 0.2) is 47.7 Å². The molecule has 1 aliphatic rings. The second kappa shape index (κ2) is 9.23. The summed E-state index contributed by atoms with van der Waals surface area (Å²) in [4.78, 5) is 13.3. The van der Waals surface area contributed by atoms with E-state index in [1.165, 1.54) is 0 Å². The van der Waals surface area contributed by atoms with E-state index in [0.29, 0.717) is 49.9 Å². The van der Waals surface area contributed by atoms with E-state index in [0.717, 1.165) is 0 Å². The number of carbonyl (C=O) groups is 1. The summed E-state index contributed by atoms with van der Waals surface area (Å²) in [5, 5.41) is 9.86. The molecule has 0 bridgehead atoms. The third-order valence-corrected chi connectivity index (χ3v) is 5.23. The van der Waals surface area contributed by atoms with E-state index in [-0.39, 0.29) is 5.91 Å².